The number of anilines is 1. The fourth-order valence-corrected chi connectivity index (χ4v) is 4.81. The molecule has 0 saturated carbocycles. The Bertz CT molecular complexity index is 709. The second-order valence-electron chi connectivity index (χ2n) is 6.83. The molecule has 2 heterocycles. The molecule has 5 heteroatoms. The first-order valence-corrected chi connectivity index (χ1v) is 9.21. The molecule has 1 amide bonds. The van der Waals surface area contributed by atoms with Crippen LogP contribution in [0.4, 0.5) is 5.69 Å². The lowest BCUT2D eigenvalue weighted by Gasteiger charge is -2.47. The Kier molecular flexibility index (Phi) is 4.27. The van der Waals surface area contributed by atoms with E-state index in [9.17, 15) is 4.79 Å². The van der Waals surface area contributed by atoms with Gasteiger partial charge in [0, 0.05) is 17.8 Å². The molecular weight excluding hydrogens is 324 g/mol. The molecule has 3 rings (SSSR count). The minimum Gasteiger partial charge on any atom is -0.366 e. The van der Waals surface area contributed by atoms with E-state index in [0.29, 0.717) is 15.1 Å². The molecule has 0 bridgehead atoms. The van der Waals surface area contributed by atoms with Gasteiger partial charge in [0.05, 0.1) is 4.91 Å². The van der Waals surface area contributed by atoms with Crippen molar-refractivity contribution < 1.29 is 4.79 Å². The van der Waals surface area contributed by atoms with E-state index in [0.717, 1.165) is 18.5 Å². The maximum Gasteiger partial charge on any atom is 0.263 e. The minimum atomic E-state index is -0.0953. The van der Waals surface area contributed by atoms with Crippen LogP contribution in [0.5, 0.6) is 0 Å². The molecule has 2 aliphatic heterocycles. The van der Waals surface area contributed by atoms with Gasteiger partial charge in [-0.1, -0.05) is 37.0 Å². The van der Waals surface area contributed by atoms with Crippen LogP contribution in [-0.2, 0) is 4.79 Å². The molecule has 1 fully saturated rings. The monoisotopic (exact) mass is 346 g/mol. The van der Waals surface area contributed by atoms with Crippen molar-refractivity contribution in [2.45, 2.75) is 45.6 Å². The third kappa shape index (κ3) is 3.04. The number of rotatable bonds is 2. The van der Waals surface area contributed by atoms with E-state index < -0.39 is 0 Å². The van der Waals surface area contributed by atoms with Gasteiger partial charge in [0.2, 0.25) is 0 Å². The third-order valence-electron chi connectivity index (χ3n) is 4.67. The topological polar surface area (TPSA) is 32.3 Å². The predicted octanol–water partition coefficient (Wildman–Crippen LogP) is 4.29. The van der Waals surface area contributed by atoms with Crippen LogP contribution < -0.4 is 10.2 Å². The molecule has 1 atom stereocenters. The van der Waals surface area contributed by atoms with Crippen molar-refractivity contribution >= 4 is 46.0 Å². The molecule has 1 unspecified atom stereocenters. The third-order valence-corrected chi connectivity index (χ3v) is 5.83. The van der Waals surface area contributed by atoms with Gasteiger partial charge in [-0.25, -0.2) is 0 Å². The van der Waals surface area contributed by atoms with E-state index in [4.69, 9.17) is 12.2 Å². The highest BCUT2D eigenvalue weighted by atomic mass is 32.2. The summed E-state index contributed by atoms with van der Waals surface area (Å²) < 4.78 is 0.534. The molecule has 1 N–H and O–H groups in total. The average molecular weight is 347 g/mol. The van der Waals surface area contributed by atoms with Crippen LogP contribution in [0.25, 0.3) is 6.08 Å². The van der Waals surface area contributed by atoms with Crippen molar-refractivity contribution in [2.24, 2.45) is 0 Å². The zero-order chi connectivity index (χ0) is 16.8. The van der Waals surface area contributed by atoms with Crippen molar-refractivity contribution in [1.82, 2.24) is 5.32 Å². The average Bonchev–Trinajstić information content (AvgIpc) is 2.77. The Morgan fingerprint density at radius 1 is 1.48 bits per heavy atom. The second-order valence-corrected chi connectivity index (χ2v) is 8.55. The molecule has 23 heavy (non-hydrogen) atoms. The normalized spacial score (nSPS) is 24.8. The van der Waals surface area contributed by atoms with E-state index in [1.807, 2.05) is 6.08 Å². The minimum absolute atomic E-state index is 0.0953. The first-order valence-electron chi connectivity index (χ1n) is 7.98. The van der Waals surface area contributed by atoms with E-state index in [2.05, 4.69) is 56.1 Å². The molecule has 122 valence electrons. The maximum absolute atomic E-state index is 11.8. The lowest BCUT2D eigenvalue weighted by molar-refractivity contribution is -0.115. The van der Waals surface area contributed by atoms with Gasteiger partial charge in [-0.05, 0) is 62.4 Å². The summed E-state index contributed by atoms with van der Waals surface area (Å²) in [6.45, 7) is 10.1. The van der Waals surface area contributed by atoms with Crippen molar-refractivity contribution in [3.05, 3.63) is 34.2 Å². The first kappa shape index (κ1) is 16.5. The standard InChI is InChI=1S/C18H22N2OS2/c1-5-20-14-7-6-12(9-15-16(21)19-17(22)23-15)8-13(14)11(2)10-18(20,3)4/h6-9,11H,5,10H2,1-4H3,(H,19,21,22)/b15-9-. The highest BCUT2D eigenvalue weighted by Gasteiger charge is 2.35. The number of nitrogens with one attached hydrogen (secondary N) is 1. The fraction of sp³-hybridized carbons (Fsp3) is 0.444. The van der Waals surface area contributed by atoms with Crippen LogP contribution in [0.15, 0.2) is 23.1 Å². The van der Waals surface area contributed by atoms with Gasteiger partial charge in [-0.2, -0.15) is 0 Å². The SMILES string of the molecule is CCN1c2ccc(/C=C3\SC(=S)NC3=O)cc2C(C)CC1(C)C. The Labute approximate surface area is 147 Å². The molecule has 0 radical (unpaired) electrons. The number of benzene rings is 1. The molecule has 2 aliphatic rings. The fourth-order valence-electron chi connectivity index (χ4n) is 3.77. The first-order chi connectivity index (χ1) is 10.8. The zero-order valence-corrected chi connectivity index (χ0v) is 15.6. The van der Waals surface area contributed by atoms with E-state index in [1.165, 1.54) is 23.0 Å². The highest BCUT2D eigenvalue weighted by molar-refractivity contribution is 8.26. The van der Waals surface area contributed by atoms with Gasteiger partial charge in [-0.3, -0.25) is 4.79 Å². The summed E-state index contributed by atoms with van der Waals surface area (Å²) in [5.74, 6) is 0.411. The Morgan fingerprint density at radius 2 is 2.22 bits per heavy atom. The van der Waals surface area contributed by atoms with Crippen molar-refractivity contribution in [1.29, 1.82) is 0 Å². The Morgan fingerprint density at radius 3 is 2.83 bits per heavy atom. The molecule has 1 saturated heterocycles. The van der Waals surface area contributed by atoms with Crippen LogP contribution >= 0.6 is 24.0 Å². The zero-order valence-electron chi connectivity index (χ0n) is 14.0. The van der Waals surface area contributed by atoms with Crippen LogP contribution in [0, 0.1) is 0 Å². The number of carbonyl (C=O) groups is 1. The van der Waals surface area contributed by atoms with E-state index >= 15 is 0 Å². The van der Waals surface area contributed by atoms with Crippen molar-refractivity contribution in [3.8, 4) is 0 Å². The molecule has 0 aliphatic carbocycles. The van der Waals surface area contributed by atoms with E-state index in [1.54, 1.807) is 0 Å². The Balaban J connectivity index is 2.00. The van der Waals surface area contributed by atoms with Gasteiger partial charge >= 0.3 is 0 Å². The van der Waals surface area contributed by atoms with E-state index in [-0.39, 0.29) is 11.4 Å². The summed E-state index contributed by atoms with van der Waals surface area (Å²) in [6.07, 6.45) is 3.07. The lowest BCUT2D eigenvalue weighted by atomic mass is 9.79. The molecule has 3 nitrogen and oxygen atoms in total. The number of fused-ring (bicyclic) bond motifs is 1. The maximum atomic E-state index is 11.8. The van der Waals surface area contributed by atoms with Gasteiger partial charge in [-0.15, -0.1) is 0 Å². The molecule has 0 spiro atoms. The number of amides is 1. The molecule has 1 aromatic carbocycles. The van der Waals surface area contributed by atoms with Gasteiger partial charge in [0.1, 0.15) is 4.32 Å². The number of nitrogens with zero attached hydrogens (tertiary/aromatic N) is 1. The summed E-state index contributed by atoms with van der Waals surface area (Å²) in [7, 11) is 0. The number of hydrogen-bond donors (Lipinski definition) is 1. The van der Waals surface area contributed by atoms with Crippen molar-refractivity contribution in [3.63, 3.8) is 0 Å². The lowest BCUT2D eigenvalue weighted by Crippen LogP contribution is -2.48. The van der Waals surface area contributed by atoms with Gasteiger partial charge < -0.3 is 10.2 Å². The van der Waals surface area contributed by atoms with Crippen LogP contribution in [0.3, 0.4) is 0 Å². The predicted molar refractivity (Wildman–Crippen MR) is 103 cm³/mol. The van der Waals surface area contributed by atoms with Gasteiger partial charge in [0.25, 0.3) is 5.91 Å². The smallest absolute Gasteiger partial charge is 0.263 e. The molecular formula is C18H22N2OS2. The largest absolute Gasteiger partial charge is 0.366 e. The summed E-state index contributed by atoms with van der Waals surface area (Å²) >= 11 is 6.38. The summed E-state index contributed by atoms with van der Waals surface area (Å²) in [5.41, 5.74) is 3.92. The summed E-state index contributed by atoms with van der Waals surface area (Å²) in [4.78, 5) is 15.0. The second kappa shape index (κ2) is 5.95. The van der Waals surface area contributed by atoms with Crippen molar-refractivity contribution in [2.75, 3.05) is 11.4 Å². The number of thiocarbonyl (C=S) groups is 1. The summed E-state index contributed by atoms with van der Waals surface area (Å²) in [6, 6.07) is 6.51. The van der Waals surface area contributed by atoms with Crippen LogP contribution in [0.2, 0.25) is 0 Å². The molecule has 1 aromatic rings. The van der Waals surface area contributed by atoms with Crippen LogP contribution in [0.1, 0.15) is 51.2 Å². The Hall–Kier alpha value is -1.33. The highest BCUT2D eigenvalue weighted by Crippen LogP contribution is 2.43. The van der Waals surface area contributed by atoms with Crippen LogP contribution in [-0.4, -0.2) is 22.3 Å². The molecule has 0 aromatic heterocycles. The number of hydrogen-bond acceptors (Lipinski definition) is 4. The summed E-state index contributed by atoms with van der Waals surface area (Å²) in [5, 5.41) is 2.66. The van der Waals surface area contributed by atoms with Gasteiger partial charge in [0.15, 0.2) is 0 Å². The quantitative estimate of drug-likeness (QED) is 0.640. The number of carbonyl (C=O) groups excluding carboxylic acids is 1. The number of thioether (sulfide) groups is 1.